The Hall–Kier alpha value is -0.670. The van der Waals surface area contributed by atoms with E-state index < -0.39 is 5.92 Å². The molecule has 0 bridgehead atoms. The molecule has 1 aromatic rings. The van der Waals surface area contributed by atoms with Gasteiger partial charge in [-0.3, -0.25) is 0 Å². The Morgan fingerprint density at radius 2 is 2.20 bits per heavy atom. The summed E-state index contributed by atoms with van der Waals surface area (Å²) in [5.74, 6) is -2.56. The van der Waals surface area contributed by atoms with Gasteiger partial charge in [0.25, 0.3) is 5.92 Å². The minimum atomic E-state index is -2.56. The third kappa shape index (κ3) is 2.67. The fraction of sp³-hybridized carbons (Fsp3) is 0.455. The van der Waals surface area contributed by atoms with E-state index in [1.165, 1.54) is 0 Å². The van der Waals surface area contributed by atoms with Gasteiger partial charge < -0.3 is 5.32 Å². The van der Waals surface area contributed by atoms with Crippen molar-refractivity contribution in [1.82, 2.24) is 5.32 Å². The molecule has 0 saturated carbocycles. The van der Waals surface area contributed by atoms with Crippen LogP contribution < -0.4 is 5.32 Å². The highest BCUT2D eigenvalue weighted by Gasteiger charge is 2.36. The van der Waals surface area contributed by atoms with Crippen molar-refractivity contribution in [1.29, 1.82) is 0 Å². The SMILES string of the molecule is FC1(F)CCNC(c2cccc(Cl)c2)C1. The fourth-order valence-electron chi connectivity index (χ4n) is 1.86. The molecule has 1 aromatic carbocycles. The molecule has 1 aliphatic rings. The van der Waals surface area contributed by atoms with Crippen LogP contribution in [0.2, 0.25) is 5.02 Å². The second-order valence-corrected chi connectivity index (χ2v) is 4.31. The molecule has 82 valence electrons. The van der Waals surface area contributed by atoms with E-state index in [2.05, 4.69) is 5.32 Å². The molecule has 0 spiro atoms. The lowest BCUT2D eigenvalue weighted by Gasteiger charge is -2.30. The van der Waals surface area contributed by atoms with Gasteiger partial charge in [0.05, 0.1) is 0 Å². The van der Waals surface area contributed by atoms with E-state index in [1.54, 1.807) is 18.2 Å². The maximum absolute atomic E-state index is 13.2. The molecular weight excluding hydrogens is 220 g/mol. The molecule has 2 rings (SSSR count). The summed E-state index contributed by atoms with van der Waals surface area (Å²) in [5, 5.41) is 3.67. The molecule has 4 heteroatoms. The van der Waals surface area contributed by atoms with Gasteiger partial charge in [-0.05, 0) is 17.7 Å². The summed E-state index contributed by atoms with van der Waals surface area (Å²) < 4.78 is 26.3. The van der Waals surface area contributed by atoms with E-state index in [-0.39, 0.29) is 18.9 Å². The minimum absolute atomic E-state index is 0.0793. The van der Waals surface area contributed by atoms with Crippen LogP contribution in [0.25, 0.3) is 0 Å². The lowest BCUT2D eigenvalue weighted by Crippen LogP contribution is -2.38. The Balaban J connectivity index is 2.17. The Morgan fingerprint density at radius 1 is 1.40 bits per heavy atom. The highest BCUT2D eigenvalue weighted by Crippen LogP contribution is 2.34. The zero-order valence-electron chi connectivity index (χ0n) is 8.14. The first-order chi connectivity index (χ1) is 7.07. The molecule has 1 atom stereocenters. The number of rotatable bonds is 1. The van der Waals surface area contributed by atoms with Gasteiger partial charge >= 0.3 is 0 Å². The van der Waals surface area contributed by atoms with E-state index in [0.717, 1.165) is 5.56 Å². The number of hydrogen-bond acceptors (Lipinski definition) is 1. The summed E-state index contributed by atoms with van der Waals surface area (Å²) in [6.07, 6.45) is -0.225. The molecule has 0 amide bonds. The molecule has 1 heterocycles. The average Bonchev–Trinajstić information content (AvgIpc) is 2.16. The summed E-state index contributed by atoms with van der Waals surface area (Å²) in [4.78, 5) is 0. The Kier molecular flexibility index (Phi) is 2.94. The van der Waals surface area contributed by atoms with Gasteiger partial charge in [0, 0.05) is 30.5 Å². The molecule has 0 aromatic heterocycles. The third-order valence-electron chi connectivity index (χ3n) is 2.64. The third-order valence-corrected chi connectivity index (χ3v) is 2.87. The molecule has 0 radical (unpaired) electrons. The summed E-state index contributed by atoms with van der Waals surface area (Å²) in [5.41, 5.74) is 0.835. The van der Waals surface area contributed by atoms with Crippen molar-refractivity contribution in [3.8, 4) is 0 Å². The van der Waals surface area contributed by atoms with Gasteiger partial charge in [-0.25, -0.2) is 8.78 Å². The van der Waals surface area contributed by atoms with Crippen LogP contribution in [0.5, 0.6) is 0 Å². The predicted molar refractivity (Wildman–Crippen MR) is 56.4 cm³/mol. The number of halogens is 3. The lowest BCUT2D eigenvalue weighted by molar-refractivity contribution is -0.0415. The Labute approximate surface area is 92.4 Å². The highest BCUT2D eigenvalue weighted by molar-refractivity contribution is 6.30. The summed E-state index contributed by atoms with van der Waals surface area (Å²) in [6.45, 7) is 0.351. The second-order valence-electron chi connectivity index (χ2n) is 3.87. The van der Waals surface area contributed by atoms with Crippen molar-refractivity contribution in [3.63, 3.8) is 0 Å². The van der Waals surface area contributed by atoms with E-state index in [4.69, 9.17) is 11.6 Å². The molecule has 1 aliphatic heterocycles. The van der Waals surface area contributed by atoms with Crippen LogP contribution in [0.4, 0.5) is 8.78 Å². The maximum Gasteiger partial charge on any atom is 0.251 e. The molecule has 1 nitrogen and oxygen atoms in total. The standard InChI is InChI=1S/C11H12ClF2N/c12-9-3-1-2-8(6-9)10-7-11(13,14)4-5-15-10/h1-3,6,10,15H,4-5,7H2. The molecular formula is C11H12ClF2N. The van der Waals surface area contributed by atoms with Crippen molar-refractivity contribution in [2.75, 3.05) is 6.54 Å². The predicted octanol–water partition coefficient (Wildman–Crippen LogP) is 3.40. The van der Waals surface area contributed by atoms with Crippen LogP contribution in [-0.4, -0.2) is 12.5 Å². The van der Waals surface area contributed by atoms with Gasteiger partial charge in [-0.2, -0.15) is 0 Å². The number of alkyl halides is 2. The average molecular weight is 232 g/mol. The molecule has 15 heavy (non-hydrogen) atoms. The van der Waals surface area contributed by atoms with Gasteiger partial charge in [0.15, 0.2) is 0 Å². The van der Waals surface area contributed by atoms with Crippen LogP contribution in [-0.2, 0) is 0 Å². The van der Waals surface area contributed by atoms with Crippen molar-refractivity contribution in [2.45, 2.75) is 24.8 Å². The zero-order valence-corrected chi connectivity index (χ0v) is 8.90. The largest absolute Gasteiger partial charge is 0.310 e. The Morgan fingerprint density at radius 3 is 2.87 bits per heavy atom. The molecule has 1 saturated heterocycles. The van der Waals surface area contributed by atoms with Gasteiger partial charge in [-0.1, -0.05) is 23.7 Å². The van der Waals surface area contributed by atoms with Crippen LogP contribution in [0.3, 0.4) is 0 Å². The molecule has 1 fully saturated rings. The van der Waals surface area contributed by atoms with E-state index >= 15 is 0 Å². The van der Waals surface area contributed by atoms with Crippen LogP contribution in [0, 0.1) is 0 Å². The monoisotopic (exact) mass is 231 g/mol. The van der Waals surface area contributed by atoms with Gasteiger partial charge in [-0.15, -0.1) is 0 Å². The van der Waals surface area contributed by atoms with E-state index in [0.29, 0.717) is 11.6 Å². The zero-order chi connectivity index (χ0) is 10.9. The first-order valence-corrected chi connectivity index (χ1v) is 5.31. The molecule has 1 unspecified atom stereocenters. The maximum atomic E-state index is 13.2. The quantitative estimate of drug-likeness (QED) is 0.781. The van der Waals surface area contributed by atoms with Crippen LogP contribution in [0.1, 0.15) is 24.4 Å². The van der Waals surface area contributed by atoms with Gasteiger partial charge in [0.2, 0.25) is 0 Å². The van der Waals surface area contributed by atoms with E-state index in [1.807, 2.05) is 6.07 Å². The van der Waals surface area contributed by atoms with Crippen molar-refractivity contribution in [3.05, 3.63) is 34.9 Å². The summed E-state index contributed by atoms with van der Waals surface area (Å²) >= 11 is 5.82. The lowest BCUT2D eigenvalue weighted by atomic mass is 9.95. The highest BCUT2D eigenvalue weighted by atomic mass is 35.5. The number of benzene rings is 1. The number of hydrogen-bond donors (Lipinski definition) is 1. The summed E-state index contributed by atoms with van der Waals surface area (Å²) in [6, 6.07) is 6.80. The first kappa shape index (κ1) is 10.8. The fourth-order valence-corrected chi connectivity index (χ4v) is 2.06. The van der Waals surface area contributed by atoms with Crippen molar-refractivity contribution < 1.29 is 8.78 Å². The first-order valence-electron chi connectivity index (χ1n) is 4.93. The number of nitrogens with one attached hydrogen (secondary N) is 1. The van der Waals surface area contributed by atoms with Crippen LogP contribution in [0.15, 0.2) is 24.3 Å². The molecule has 0 aliphatic carbocycles. The van der Waals surface area contributed by atoms with Crippen molar-refractivity contribution in [2.24, 2.45) is 0 Å². The smallest absolute Gasteiger partial charge is 0.251 e. The topological polar surface area (TPSA) is 12.0 Å². The second kappa shape index (κ2) is 4.06. The summed E-state index contributed by atoms with van der Waals surface area (Å²) in [7, 11) is 0. The van der Waals surface area contributed by atoms with Crippen molar-refractivity contribution >= 4 is 11.6 Å². The van der Waals surface area contributed by atoms with Gasteiger partial charge in [0.1, 0.15) is 0 Å². The minimum Gasteiger partial charge on any atom is -0.310 e. The molecule has 1 N–H and O–H groups in total. The normalized spacial score (nSPS) is 25.1. The van der Waals surface area contributed by atoms with E-state index in [9.17, 15) is 8.78 Å². The Bertz CT molecular complexity index is 354. The number of piperidine rings is 1. The van der Waals surface area contributed by atoms with Crippen LogP contribution >= 0.6 is 11.6 Å².